The summed E-state index contributed by atoms with van der Waals surface area (Å²) in [5, 5.41) is 16.5. The maximum Gasteiger partial charge on any atom is 0.305 e. The molecule has 0 unspecified atom stereocenters. The van der Waals surface area contributed by atoms with Gasteiger partial charge in [0.05, 0.1) is 4.92 Å². The first kappa shape index (κ1) is 15.9. The molecule has 0 heterocycles. The van der Waals surface area contributed by atoms with Gasteiger partial charge in [0.15, 0.2) is 0 Å². The van der Waals surface area contributed by atoms with E-state index < -0.39 is 10.8 Å². The van der Waals surface area contributed by atoms with Gasteiger partial charge in [0.25, 0.3) is 5.91 Å². The third-order valence-corrected chi connectivity index (χ3v) is 2.80. The molecule has 20 heavy (non-hydrogen) atoms. The molecule has 0 saturated carbocycles. The summed E-state index contributed by atoms with van der Waals surface area (Å²) in [6.45, 7) is 1.33. The van der Waals surface area contributed by atoms with Gasteiger partial charge in [-0.2, -0.15) is 0 Å². The lowest BCUT2D eigenvalue weighted by atomic mass is 10.1. The number of benzene rings is 1. The van der Waals surface area contributed by atoms with Crippen LogP contribution in [-0.4, -0.2) is 50.0 Å². The Kier molecular flexibility index (Phi) is 5.92. The Balaban J connectivity index is 2.80. The normalized spacial score (nSPS) is 10.4. The molecule has 7 heteroatoms. The molecular weight excluding hydrogens is 260 g/mol. The summed E-state index contributed by atoms with van der Waals surface area (Å²) >= 11 is 0. The van der Waals surface area contributed by atoms with Crippen molar-refractivity contribution < 1.29 is 9.72 Å². The van der Waals surface area contributed by atoms with Crippen molar-refractivity contribution >= 4 is 17.3 Å². The van der Waals surface area contributed by atoms with Crippen LogP contribution < -0.4 is 10.6 Å². The summed E-state index contributed by atoms with van der Waals surface area (Å²) in [6.07, 6.45) is 0.790. The molecule has 1 amide bonds. The van der Waals surface area contributed by atoms with E-state index in [0.717, 1.165) is 13.0 Å². The quantitative estimate of drug-likeness (QED) is 0.447. The van der Waals surface area contributed by atoms with Crippen LogP contribution >= 0.6 is 0 Å². The third kappa shape index (κ3) is 4.20. The fourth-order valence-corrected chi connectivity index (χ4v) is 1.82. The van der Waals surface area contributed by atoms with Crippen LogP contribution in [0, 0.1) is 10.1 Å². The molecule has 110 valence electrons. The van der Waals surface area contributed by atoms with E-state index in [0.29, 0.717) is 12.2 Å². The van der Waals surface area contributed by atoms with Gasteiger partial charge in [-0.3, -0.25) is 14.9 Å². The summed E-state index contributed by atoms with van der Waals surface area (Å²) in [6, 6.07) is 4.65. The average Bonchev–Trinajstić information content (AvgIpc) is 2.41. The number of nitro groups is 1. The van der Waals surface area contributed by atoms with E-state index in [2.05, 4.69) is 10.6 Å². The predicted octanol–water partition coefficient (Wildman–Crippen LogP) is 1.32. The first-order valence-electron chi connectivity index (χ1n) is 6.35. The number of nitro benzene ring substituents is 1. The lowest BCUT2D eigenvalue weighted by molar-refractivity contribution is -0.384. The smallest absolute Gasteiger partial charge is 0.305 e. The predicted molar refractivity (Wildman–Crippen MR) is 78.1 cm³/mol. The van der Waals surface area contributed by atoms with Gasteiger partial charge in [-0.1, -0.05) is 6.07 Å². The Morgan fingerprint density at radius 3 is 2.65 bits per heavy atom. The number of rotatable bonds is 7. The summed E-state index contributed by atoms with van der Waals surface area (Å²) in [5.74, 6) is -0.424. The van der Waals surface area contributed by atoms with Crippen LogP contribution in [0.15, 0.2) is 18.2 Å². The summed E-state index contributed by atoms with van der Waals surface area (Å²) in [7, 11) is 5.48. The second-order valence-electron chi connectivity index (χ2n) is 4.62. The zero-order valence-corrected chi connectivity index (χ0v) is 12.0. The molecule has 1 aromatic rings. The topological polar surface area (TPSA) is 87.5 Å². The molecule has 7 nitrogen and oxygen atoms in total. The third-order valence-electron chi connectivity index (χ3n) is 2.80. The fraction of sp³-hybridized carbons (Fsp3) is 0.462. The Labute approximate surface area is 118 Å². The number of carbonyl (C=O) groups excluding carboxylic acids is 1. The van der Waals surface area contributed by atoms with Gasteiger partial charge in [-0.15, -0.1) is 0 Å². The number of amides is 1. The minimum Gasteiger partial charge on any atom is -0.383 e. The zero-order chi connectivity index (χ0) is 15.1. The summed E-state index contributed by atoms with van der Waals surface area (Å²) < 4.78 is 0. The molecule has 0 atom stereocenters. The molecule has 1 aromatic carbocycles. The molecule has 0 radical (unpaired) electrons. The van der Waals surface area contributed by atoms with Crippen molar-refractivity contribution in [1.29, 1.82) is 0 Å². The highest BCUT2D eigenvalue weighted by Crippen LogP contribution is 2.27. The molecule has 0 aliphatic heterocycles. The van der Waals surface area contributed by atoms with Gasteiger partial charge >= 0.3 is 5.69 Å². The lowest BCUT2D eigenvalue weighted by Crippen LogP contribution is -2.27. The minimum atomic E-state index is -0.541. The first-order chi connectivity index (χ1) is 9.47. The Bertz CT molecular complexity index is 489. The highest BCUT2D eigenvalue weighted by molar-refractivity contribution is 6.00. The molecule has 0 bridgehead atoms. The molecule has 2 N–H and O–H groups in total. The molecule has 0 aromatic heterocycles. The fourth-order valence-electron chi connectivity index (χ4n) is 1.82. The van der Waals surface area contributed by atoms with Crippen molar-refractivity contribution in [3.8, 4) is 0 Å². The van der Waals surface area contributed by atoms with Gasteiger partial charge in [0, 0.05) is 13.6 Å². The molecule has 0 spiro atoms. The molecule has 0 aliphatic carbocycles. The van der Waals surface area contributed by atoms with Crippen LogP contribution in [0.5, 0.6) is 0 Å². The van der Waals surface area contributed by atoms with E-state index in [-0.39, 0.29) is 11.3 Å². The van der Waals surface area contributed by atoms with E-state index in [4.69, 9.17) is 0 Å². The number of hydrogen-bond acceptors (Lipinski definition) is 5. The van der Waals surface area contributed by atoms with Crippen LogP contribution in [-0.2, 0) is 0 Å². The largest absolute Gasteiger partial charge is 0.383 e. The van der Waals surface area contributed by atoms with Crippen LogP contribution in [0.1, 0.15) is 16.8 Å². The maximum atomic E-state index is 12.0. The summed E-state index contributed by atoms with van der Waals surface area (Å²) in [5.41, 5.74) is 0.211. The SMILES string of the molecule is CNc1cccc(C(=O)NCCCN(C)C)c1[N+](=O)[O-]. The van der Waals surface area contributed by atoms with E-state index in [1.54, 1.807) is 19.2 Å². The molecule has 0 saturated heterocycles. The number of nitrogens with zero attached hydrogens (tertiary/aromatic N) is 2. The number of carbonyl (C=O) groups is 1. The van der Waals surface area contributed by atoms with Gasteiger partial charge in [0.1, 0.15) is 11.3 Å². The average molecular weight is 280 g/mol. The van der Waals surface area contributed by atoms with Gasteiger partial charge in [-0.05, 0) is 39.2 Å². The van der Waals surface area contributed by atoms with Crippen molar-refractivity contribution in [2.45, 2.75) is 6.42 Å². The van der Waals surface area contributed by atoms with Crippen LogP contribution in [0.2, 0.25) is 0 Å². The maximum absolute atomic E-state index is 12.0. The second-order valence-corrected chi connectivity index (χ2v) is 4.62. The van der Waals surface area contributed by atoms with E-state index in [1.807, 2.05) is 19.0 Å². The molecule has 0 fully saturated rings. The van der Waals surface area contributed by atoms with Gasteiger partial charge < -0.3 is 15.5 Å². The highest BCUT2D eigenvalue weighted by Gasteiger charge is 2.23. The van der Waals surface area contributed by atoms with Gasteiger partial charge in [-0.25, -0.2) is 0 Å². The highest BCUT2D eigenvalue weighted by atomic mass is 16.6. The van der Waals surface area contributed by atoms with Crippen LogP contribution in [0.3, 0.4) is 0 Å². The monoisotopic (exact) mass is 280 g/mol. The van der Waals surface area contributed by atoms with Crippen molar-refractivity contribution in [2.75, 3.05) is 39.5 Å². The van der Waals surface area contributed by atoms with Crippen LogP contribution in [0.25, 0.3) is 0 Å². The van der Waals surface area contributed by atoms with Crippen molar-refractivity contribution in [3.63, 3.8) is 0 Å². The van der Waals surface area contributed by atoms with E-state index in [9.17, 15) is 14.9 Å². The van der Waals surface area contributed by atoms with Crippen molar-refractivity contribution in [1.82, 2.24) is 10.2 Å². The molecule has 0 aliphatic rings. The Morgan fingerprint density at radius 1 is 1.40 bits per heavy atom. The summed E-state index contributed by atoms with van der Waals surface area (Å²) in [4.78, 5) is 24.6. The number of anilines is 1. The lowest BCUT2D eigenvalue weighted by Gasteiger charge is -2.11. The molecule has 1 rings (SSSR count). The Morgan fingerprint density at radius 2 is 2.10 bits per heavy atom. The minimum absolute atomic E-state index is 0.0757. The number of para-hydroxylation sites is 1. The van der Waals surface area contributed by atoms with Gasteiger partial charge in [0.2, 0.25) is 0 Å². The molecular formula is C13H20N4O3. The number of nitrogens with one attached hydrogen (secondary N) is 2. The Hall–Kier alpha value is -2.15. The van der Waals surface area contributed by atoms with E-state index >= 15 is 0 Å². The van der Waals surface area contributed by atoms with Crippen molar-refractivity contribution in [3.05, 3.63) is 33.9 Å². The van der Waals surface area contributed by atoms with Crippen LogP contribution in [0.4, 0.5) is 11.4 Å². The standard InChI is InChI=1S/C13H20N4O3/c1-14-11-7-4-6-10(12(11)17(19)20)13(18)15-8-5-9-16(2)3/h4,6-7,14H,5,8-9H2,1-3H3,(H,15,18). The second kappa shape index (κ2) is 7.44. The zero-order valence-electron chi connectivity index (χ0n) is 12.0. The van der Waals surface area contributed by atoms with E-state index in [1.165, 1.54) is 6.07 Å². The first-order valence-corrected chi connectivity index (χ1v) is 6.35. The number of hydrogen-bond donors (Lipinski definition) is 2. The van der Waals surface area contributed by atoms with Crippen molar-refractivity contribution in [2.24, 2.45) is 0 Å².